The molecule has 0 amide bonds. The Morgan fingerprint density at radius 3 is 2.24 bits per heavy atom. The van der Waals surface area contributed by atoms with Gasteiger partial charge in [-0.2, -0.15) is 5.26 Å². The van der Waals surface area contributed by atoms with Gasteiger partial charge in [-0.3, -0.25) is 0 Å². The van der Waals surface area contributed by atoms with Gasteiger partial charge in [-0.05, 0) is 37.0 Å². The van der Waals surface area contributed by atoms with E-state index in [-0.39, 0.29) is 6.04 Å². The number of rotatable bonds is 6. The van der Waals surface area contributed by atoms with Crippen molar-refractivity contribution in [3.63, 3.8) is 0 Å². The van der Waals surface area contributed by atoms with E-state index in [1.165, 1.54) is 30.4 Å². The first-order valence-electron chi connectivity index (χ1n) is 9.18. The van der Waals surface area contributed by atoms with E-state index in [2.05, 4.69) is 48.5 Å². The number of ether oxygens (including phenoxy) is 1. The zero-order valence-electron chi connectivity index (χ0n) is 15.0. The maximum Gasteiger partial charge on any atom is 0.180 e. The van der Waals surface area contributed by atoms with Gasteiger partial charge >= 0.3 is 0 Å². The number of quaternary nitrogens is 1. The summed E-state index contributed by atoms with van der Waals surface area (Å²) < 4.78 is 6.14. The van der Waals surface area contributed by atoms with Gasteiger partial charge in [0.25, 0.3) is 0 Å². The lowest BCUT2D eigenvalue weighted by molar-refractivity contribution is -0.960. The molecular weight excluding hydrogens is 308 g/mol. The average molecular weight is 335 g/mol. The molecule has 0 saturated carbocycles. The Kier molecular flexibility index (Phi) is 5.73. The summed E-state index contributed by atoms with van der Waals surface area (Å²) in [5.74, 6) is 0.864. The number of hydrogen-bond donors (Lipinski definition) is 0. The van der Waals surface area contributed by atoms with Crippen LogP contribution in [-0.4, -0.2) is 30.7 Å². The third-order valence-electron chi connectivity index (χ3n) is 5.45. The molecule has 1 atom stereocenters. The molecule has 1 saturated heterocycles. The van der Waals surface area contributed by atoms with Gasteiger partial charge in [0.2, 0.25) is 0 Å². The molecule has 3 rings (SSSR count). The van der Waals surface area contributed by atoms with Crippen molar-refractivity contribution in [3.8, 4) is 11.8 Å². The maximum atomic E-state index is 9.99. The third kappa shape index (κ3) is 4.21. The minimum absolute atomic E-state index is 0.00565. The molecule has 0 radical (unpaired) electrons. The zero-order chi connectivity index (χ0) is 17.5. The highest BCUT2D eigenvalue weighted by Crippen LogP contribution is 2.28. The topological polar surface area (TPSA) is 33.0 Å². The van der Waals surface area contributed by atoms with E-state index in [1.54, 1.807) is 7.11 Å². The Morgan fingerprint density at radius 2 is 1.64 bits per heavy atom. The Bertz CT molecular complexity index is 697. The van der Waals surface area contributed by atoms with E-state index >= 15 is 0 Å². The van der Waals surface area contributed by atoms with E-state index in [4.69, 9.17) is 4.74 Å². The second kappa shape index (κ2) is 8.18. The highest BCUT2D eigenvalue weighted by atomic mass is 16.5. The van der Waals surface area contributed by atoms with Crippen LogP contribution in [0.25, 0.3) is 0 Å². The Balaban J connectivity index is 1.83. The monoisotopic (exact) mass is 335 g/mol. The molecule has 1 aliphatic heterocycles. The van der Waals surface area contributed by atoms with Crippen LogP contribution in [0.1, 0.15) is 30.4 Å². The molecule has 0 bridgehead atoms. The number of methoxy groups -OCH3 is 1. The SMILES string of the molecule is COc1ccc(CC(C#N)[N+]2(Cc3ccccc3)CCCCC2)cc1. The van der Waals surface area contributed by atoms with Crippen molar-refractivity contribution in [1.82, 2.24) is 0 Å². The van der Waals surface area contributed by atoms with E-state index in [0.717, 1.165) is 36.3 Å². The molecular formula is C22H27N2O+. The lowest BCUT2D eigenvalue weighted by atomic mass is 9.97. The second-order valence-corrected chi connectivity index (χ2v) is 7.07. The van der Waals surface area contributed by atoms with Gasteiger partial charge in [-0.1, -0.05) is 42.5 Å². The number of nitrogens with zero attached hydrogens (tertiary/aromatic N) is 2. The highest BCUT2D eigenvalue weighted by Gasteiger charge is 2.38. The molecule has 2 aromatic carbocycles. The first-order chi connectivity index (χ1) is 12.3. The van der Waals surface area contributed by atoms with Gasteiger partial charge < -0.3 is 9.22 Å². The zero-order valence-corrected chi connectivity index (χ0v) is 15.0. The number of nitriles is 1. The van der Waals surface area contributed by atoms with E-state index in [9.17, 15) is 5.26 Å². The second-order valence-electron chi connectivity index (χ2n) is 7.07. The lowest BCUT2D eigenvalue weighted by Gasteiger charge is -2.45. The normalized spacial score (nSPS) is 17.4. The fourth-order valence-electron chi connectivity index (χ4n) is 4.02. The highest BCUT2D eigenvalue weighted by molar-refractivity contribution is 5.28. The number of benzene rings is 2. The number of likely N-dealkylation sites (tertiary alicyclic amines) is 1. The van der Waals surface area contributed by atoms with Gasteiger partial charge in [0, 0.05) is 12.0 Å². The molecule has 1 aliphatic rings. The molecule has 1 fully saturated rings. The predicted octanol–water partition coefficient (Wildman–Crippen LogP) is 4.33. The van der Waals surface area contributed by atoms with Crippen molar-refractivity contribution in [2.75, 3.05) is 20.2 Å². The largest absolute Gasteiger partial charge is 0.497 e. The standard InChI is InChI=1S/C22H27N2O/c1-25-22-12-10-19(11-13-22)16-21(17-23)24(14-6-3-7-15-24)18-20-8-4-2-5-9-20/h2,4-5,8-13,21H,3,6-7,14-16,18H2,1H3/q+1. The summed E-state index contributed by atoms with van der Waals surface area (Å²) >= 11 is 0. The Morgan fingerprint density at radius 1 is 0.960 bits per heavy atom. The summed E-state index contributed by atoms with van der Waals surface area (Å²) in [7, 11) is 1.68. The summed E-state index contributed by atoms with van der Waals surface area (Å²) in [5.41, 5.74) is 2.54. The van der Waals surface area contributed by atoms with Crippen LogP contribution in [-0.2, 0) is 13.0 Å². The number of hydrogen-bond acceptors (Lipinski definition) is 2. The Hall–Kier alpha value is -2.31. The summed E-state index contributed by atoms with van der Waals surface area (Å²) in [5, 5.41) is 9.99. The predicted molar refractivity (Wildman–Crippen MR) is 100 cm³/mol. The third-order valence-corrected chi connectivity index (χ3v) is 5.45. The van der Waals surface area contributed by atoms with Gasteiger partial charge in [-0.25, -0.2) is 0 Å². The van der Waals surface area contributed by atoms with Crippen LogP contribution in [0, 0.1) is 11.3 Å². The van der Waals surface area contributed by atoms with Crippen molar-refractivity contribution in [2.45, 2.75) is 38.3 Å². The summed E-state index contributed by atoms with van der Waals surface area (Å²) in [4.78, 5) is 0. The van der Waals surface area contributed by atoms with Crippen LogP contribution in [0.3, 0.4) is 0 Å². The van der Waals surface area contributed by atoms with Gasteiger partial charge in [0.15, 0.2) is 6.04 Å². The summed E-state index contributed by atoms with van der Waals surface area (Å²) in [6.45, 7) is 3.15. The molecule has 2 aromatic rings. The van der Waals surface area contributed by atoms with Crippen molar-refractivity contribution in [1.29, 1.82) is 5.26 Å². The van der Waals surface area contributed by atoms with Gasteiger partial charge in [-0.15, -0.1) is 0 Å². The molecule has 0 N–H and O–H groups in total. The van der Waals surface area contributed by atoms with Crippen LogP contribution >= 0.6 is 0 Å². The average Bonchev–Trinajstić information content (AvgIpc) is 2.68. The first-order valence-corrected chi connectivity index (χ1v) is 9.18. The van der Waals surface area contributed by atoms with Gasteiger partial charge in [0.1, 0.15) is 18.4 Å². The quantitative estimate of drug-likeness (QED) is 0.736. The van der Waals surface area contributed by atoms with Crippen molar-refractivity contribution in [2.24, 2.45) is 0 Å². The molecule has 3 heteroatoms. The molecule has 0 aliphatic carbocycles. The molecule has 1 unspecified atom stereocenters. The van der Waals surface area contributed by atoms with Crippen LogP contribution in [0.2, 0.25) is 0 Å². The first kappa shape index (κ1) is 17.5. The maximum absolute atomic E-state index is 9.99. The fourth-order valence-corrected chi connectivity index (χ4v) is 4.02. The van der Waals surface area contributed by atoms with Crippen LogP contribution in [0.5, 0.6) is 5.75 Å². The summed E-state index contributed by atoms with van der Waals surface area (Å²) in [6, 6.07) is 21.4. The van der Waals surface area contributed by atoms with Crippen molar-refractivity contribution < 1.29 is 9.22 Å². The summed E-state index contributed by atoms with van der Waals surface area (Å²) in [6.07, 6.45) is 4.52. The Labute approximate surface area is 151 Å². The molecule has 0 aromatic heterocycles. The minimum atomic E-state index is -0.00565. The molecule has 1 heterocycles. The van der Waals surface area contributed by atoms with Crippen molar-refractivity contribution >= 4 is 0 Å². The van der Waals surface area contributed by atoms with Crippen LogP contribution < -0.4 is 4.74 Å². The van der Waals surface area contributed by atoms with Crippen LogP contribution in [0.4, 0.5) is 0 Å². The van der Waals surface area contributed by atoms with E-state index in [0.29, 0.717) is 0 Å². The van der Waals surface area contributed by atoms with Crippen LogP contribution in [0.15, 0.2) is 54.6 Å². The van der Waals surface area contributed by atoms with E-state index < -0.39 is 0 Å². The molecule has 130 valence electrons. The minimum Gasteiger partial charge on any atom is -0.497 e. The molecule has 0 spiro atoms. The fraction of sp³-hybridized carbons (Fsp3) is 0.409. The number of piperidine rings is 1. The lowest BCUT2D eigenvalue weighted by Crippen LogP contribution is -2.57. The molecule has 3 nitrogen and oxygen atoms in total. The van der Waals surface area contributed by atoms with E-state index in [1.807, 2.05) is 12.1 Å². The van der Waals surface area contributed by atoms with Gasteiger partial charge in [0.05, 0.1) is 20.2 Å². The molecule has 25 heavy (non-hydrogen) atoms. The van der Waals surface area contributed by atoms with Crippen molar-refractivity contribution in [3.05, 3.63) is 65.7 Å². The smallest absolute Gasteiger partial charge is 0.180 e.